The minimum atomic E-state index is -4.24. The van der Waals surface area contributed by atoms with E-state index < -0.39 is 23.8 Å². The van der Waals surface area contributed by atoms with Gasteiger partial charge in [0.1, 0.15) is 0 Å². The summed E-state index contributed by atoms with van der Waals surface area (Å²) in [6.07, 6.45) is -1.97. The van der Waals surface area contributed by atoms with Gasteiger partial charge in [0, 0.05) is 5.92 Å². The molecule has 2 unspecified atom stereocenters. The first-order valence-corrected chi connectivity index (χ1v) is 4.19. The van der Waals surface area contributed by atoms with Crippen LogP contribution in [0, 0.1) is 11.8 Å². The van der Waals surface area contributed by atoms with Crippen LogP contribution >= 0.6 is 0 Å². The first kappa shape index (κ1) is 10.9. The summed E-state index contributed by atoms with van der Waals surface area (Å²) >= 11 is 0. The summed E-state index contributed by atoms with van der Waals surface area (Å²) in [7, 11) is 0. The number of alkyl halides is 3. The summed E-state index contributed by atoms with van der Waals surface area (Å²) in [5, 5.41) is 0. The Morgan fingerprint density at radius 1 is 1.29 bits per heavy atom. The molecule has 0 bridgehead atoms. The zero-order chi connectivity index (χ0) is 10.8. The summed E-state index contributed by atoms with van der Waals surface area (Å²) in [6, 6.07) is 0. The van der Waals surface area contributed by atoms with Gasteiger partial charge in [-0.05, 0) is 12.8 Å². The minimum Gasteiger partial charge on any atom is -0.295 e. The highest BCUT2D eigenvalue weighted by Gasteiger charge is 2.39. The third-order valence-electron chi connectivity index (χ3n) is 2.27. The van der Waals surface area contributed by atoms with Gasteiger partial charge in [-0.3, -0.25) is 9.59 Å². The van der Waals surface area contributed by atoms with Crippen LogP contribution in [0.4, 0.5) is 13.2 Å². The minimum absolute atomic E-state index is 0.0955. The Labute approximate surface area is 78.8 Å². The van der Waals surface area contributed by atoms with E-state index >= 15 is 0 Å². The second-order valence-electron chi connectivity index (χ2n) is 3.24. The molecule has 0 spiro atoms. The molecule has 0 aliphatic heterocycles. The molecule has 0 aromatic heterocycles. The molecule has 0 radical (unpaired) electrons. The van der Waals surface area contributed by atoms with Gasteiger partial charge in [-0.1, -0.05) is 12.2 Å². The first-order valence-electron chi connectivity index (χ1n) is 4.19. The molecule has 2 nitrogen and oxygen atoms in total. The Morgan fingerprint density at radius 2 is 1.93 bits per heavy atom. The predicted octanol–water partition coefficient (Wildman–Crippen LogP) is 1.90. The van der Waals surface area contributed by atoms with Gasteiger partial charge < -0.3 is 0 Å². The average molecular weight is 206 g/mol. The van der Waals surface area contributed by atoms with Gasteiger partial charge in [-0.25, -0.2) is 0 Å². The van der Waals surface area contributed by atoms with E-state index in [4.69, 9.17) is 0 Å². The van der Waals surface area contributed by atoms with Crippen molar-refractivity contribution in [1.82, 2.24) is 0 Å². The number of carbonyl (C=O) groups is 2. The number of aldehydes is 1. The number of Topliss-reactive ketones (excluding diaryl/α,β-unsaturated/α-hetero) is 1. The zero-order valence-electron chi connectivity index (χ0n) is 7.25. The molecule has 0 saturated carbocycles. The van der Waals surface area contributed by atoms with E-state index in [2.05, 4.69) is 0 Å². The normalized spacial score (nSPS) is 27.4. The SMILES string of the molecule is O=CC(=O)C1C=CC(C(F)(F)F)CC1. The fourth-order valence-electron chi connectivity index (χ4n) is 1.42. The molecule has 0 aromatic carbocycles. The van der Waals surface area contributed by atoms with Crippen LogP contribution < -0.4 is 0 Å². The third-order valence-corrected chi connectivity index (χ3v) is 2.27. The van der Waals surface area contributed by atoms with Gasteiger partial charge >= 0.3 is 6.18 Å². The van der Waals surface area contributed by atoms with Crippen molar-refractivity contribution in [3.63, 3.8) is 0 Å². The maximum atomic E-state index is 12.1. The van der Waals surface area contributed by atoms with Gasteiger partial charge in [-0.15, -0.1) is 0 Å². The van der Waals surface area contributed by atoms with Gasteiger partial charge in [0.15, 0.2) is 6.29 Å². The molecule has 1 aliphatic rings. The highest BCUT2D eigenvalue weighted by molar-refractivity contribution is 6.26. The van der Waals surface area contributed by atoms with Crippen LogP contribution in [-0.2, 0) is 9.59 Å². The lowest BCUT2D eigenvalue weighted by Gasteiger charge is -2.22. The Bertz CT molecular complexity index is 268. The second-order valence-corrected chi connectivity index (χ2v) is 3.24. The largest absolute Gasteiger partial charge is 0.395 e. The van der Waals surface area contributed by atoms with E-state index in [1.54, 1.807) is 0 Å². The number of hydrogen-bond donors (Lipinski definition) is 0. The number of halogens is 3. The maximum absolute atomic E-state index is 12.1. The van der Waals surface area contributed by atoms with Crippen LogP contribution in [0.5, 0.6) is 0 Å². The fourth-order valence-corrected chi connectivity index (χ4v) is 1.42. The molecule has 2 atom stereocenters. The maximum Gasteiger partial charge on any atom is 0.395 e. The highest BCUT2D eigenvalue weighted by Crippen LogP contribution is 2.35. The van der Waals surface area contributed by atoms with Crippen LogP contribution in [0.2, 0.25) is 0 Å². The Hall–Kier alpha value is -1.13. The van der Waals surface area contributed by atoms with Crippen molar-refractivity contribution in [3.05, 3.63) is 12.2 Å². The van der Waals surface area contributed by atoms with E-state index in [-0.39, 0.29) is 19.1 Å². The summed E-state index contributed by atoms with van der Waals surface area (Å²) < 4.78 is 36.4. The number of rotatable bonds is 2. The molecule has 0 amide bonds. The highest BCUT2D eigenvalue weighted by atomic mass is 19.4. The molecule has 0 saturated heterocycles. The summed E-state index contributed by atoms with van der Waals surface area (Å²) in [6.45, 7) is 0. The Morgan fingerprint density at radius 3 is 2.29 bits per heavy atom. The number of ketones is 1. The number of hydrogen-bond acceptors (Lipinski definition) is 2. The van der Waals surface area contributed by atoms with Crippen molar-refractivity contribution >= 4 is 12.1 Å². The van der Waals surface area contributed by atoms with E-state index in [9.17, 15) is 22.8 Å². The van der Waals surface area contributed by atoms with Crippen molar-refractivity contribution in [1.29, 1.82) is 0 Å². The second kappa shape index (κ2) is 3.94. The van der Waals surface area contributed by atoms with Crippen LogP contribution in [0.15, 0.2) is 12.2 Å². The van der Waals surface area contributed by atoms with E-state index in [1.165, 1.54) is 6.08 Å². The topological polar surface area (TPSA) is 34.1 Å². The predicted molar refractivity (Wildman–Crippen MR) is 42.5 cm³/mol. The molecule has 0 aromatic rings. The van der Waals surface area contributed by atoms with Crippen molar-refractivity contribution in [3.8, 4) is 0 Å². The van der Waals surface area contributed by atoms with Gasteiger partial charge in [0.2, 0.25) is 5.78 Å². The van der Waals surface area contributed by atoms with Crippen LogP contribution in [0.3, 0.4) is 0 Å². The molecule has 1 rings (SSSR count). The quantitative estimate of drug-likeness (QED) is 0.393. The Balaban J connectivity index is 2.64. The van der Waals surface area contributed by atoms with Crippen molar-refractivity contribution < 1.29 is 22.8 Å². The van der Waals surface area contributed by atoms with Crippen molar-refractivity contribution in [2.45, 2.75) is 19.0 Å². The molecular formula is C9H9F3O2. The Kier molecular flexibility index (Phi) is 3.08. The molecule has 1 aliphatic carbocycles. The monoisotopic (exact) mass is 206 g/mol. The molecule has 0 fully saturated rings. The van der Waals surface area contributed by atoms with Crippen LogP contribution in [-0.4, -0.2) is 18.2 Å². The van der Waals surface area contributed by atoms with E-state index in [0.717, 1.165) is 6.08 Å². The first-order chi connectivity index (χ1) is 6.45. The molecular weight excluding hydrogens is 197 g/mol. The van der Waals surface area contributed by atoms with Crippen molar-refractivity contribution in [2.24, 2.45) is 11.8 Å². The lowest BCUT2D eigenvalue weighted by Crippen LogP contribution is -2.26. The summed E-state index contributed by atoms with van der Waals surface area (Å²) in [4.78, 5) is 20.9. The number of carbonyl (C=O) groups excluding carboxylic acids is 2. The average Bonchev–Trinajstić information content (AvgIpc) is 2.15. The van der Waals surface area contributed by atoms with Gasteiger partial charge in [0.25, 0.3) is 0 Å². The molecule has 78 valence electrons. The third kappa shape index (κ3) is 2.43. The smallest absolute Gasteiger partial charge is 0.295 e. The van der Waals surface area contributed by atoms with E-state index in [1.807, 2.05) is 0 Å². The molecule has 5 heteroatoms. The van der Waals surface area contributed by atoms with Crippen LogP contribution in [0.25, 0.3) is 0 Å². The van der Waals surface area contributed by atoms with Gasteiger partial charge in [0.05, 0.1) is 5.92 Å². The fraction of sp³-hybridized carbons (Fsp3) is 0.556. The van der Waals surface area contributed by atoms with Crippen molar-refractivity contribution in [2.75, 3.05) is 0 Å². The lowest BCUT2D eigenvalue weighted by molar-refractivity contribution is -0.164. The molecule has 0 N–H and O–H groups in total. The molecule has 14 heavy (non-hydrogen) atoms. The molecule has 0 heterocycles. The van der Waals surface area contributed by atoms with Crippen LogP contribution in [0.1, 0.15) is 12.8 Å². The summed E-state index contributed by atoms with van der Waals surface area (Å²) in [5.41, 5.74) is 0. The van der Waals surface area contributed by atoms with E-state index in [0.29, 0.717) is 0 Å². The number of allylic oxidation sites excluding steroid dienone is 2. The zero-order valence-corrected chi connectivity index (χ0v) is 7.25. The summed E-state index contributed by atoms with van der Waals surface area (Å²) in [5.74, 6) is -2.79. The van der Waals surface area contributed by atoms with Gasteiger partial charge in [-0.2, -0.15) is 13.2 Å². The lowest BCUT2D eigenvalue weighted by atomic mass is 9.86. The standard InChI is InChI=1S/C9H9F3O2/c10-9(11,12)7-3-1-6(2-4-7)8(14)5-13/h1,3,5-7H,2,4H2.